The van der Waals surface area contributed by atoms with E-state index in [1.807, 2.05) is 6.26 Å². The minimum absolute atomic E-state index is 0.0170. The highest BCUT2D eigenvalue weighted by atomic mass is 32.2. The number of phenolic OH excluding ortho intramolecular Hbond substituents is 1. The largest absolute Gasteiger partial charge is 0.507 e. The van der Waals surface area contributed by atoms with E-state index in [1.165, 1.54) is 13.2 Å². The molecule has 0 bridgehead atoms. The number of amides is 1. The second kappa shape index (κ2) is 7.28. The lowest BCUT2D eigenvalue weighted by molar-refractivity contribution is 0.0740. The zero-order valence-electron chi connectivity index (χ0n) is 11.8. The number of thioether (sulfide) groups is 1. The van der Waals surface area contributed by atoms with Crippen LogP contribution >= 0.6 is 11.8 Å². The maximum atomic E-state index is 12.4. The molecular formula is C14H21NO3S. The predicted molar refractivity (Wildman–Crippen MR) is 79.2 cm³/mol. The van der Waals surface area contributed by atoms with Crippen molar-refractivity contribution in [2.75, 3.05) is 26.2 Å². The number of phenols is 1. The molecule has 0 saturated carbocycles. The van der Waals surface area contributed by atoms with Crippen LogP contribution in [0.2, 0.25) is 0 Å². The van der Waals surface area contributed by atoms with Crippen molar-refractivity contribution < 1.29 is 14.6 Å². The van der Waals surface area contributed by atoms with Crippen molar-refractivity contribution >= 4 is 17.7 Å². The van der Waals surface area contributed by atoms with E-state index in [9.17, 15) is 9.90 Å². The Bertz CT molecular complexity index is 437. The van der Waals surface area contributed by atoms with E-state index in [2.05, 4.69) is 6.92 Å². The number of methoxy groups -OCH3 is 1. The van der Waals surface area contributed by atoms with E-state index in [0.29, 0.717) is 5.75 Å². The Kier molecular flexibility index (Phi) is 6.02. The monoisotopic (exact) mass is 283 g/mol. The number of aromatic hydroxyl groups is 1. The maximum Gasteiger partial charge on any atom is 0.257 e. The Balaban J connectivity index is 2.98. The topological polar surface area (TPSA) is 49.8 Å². The summed E-state index contributed by atoms with van der Waals surface area (Å²) in [5, 5.41) is 9.83. The molecule has 0 aliphatic heterocycles. The molecule has 0 radical (unpaired) electrons. The van der Waals surface area contributed by atoms with Crippen LogP contribution in [0.4, 0.5) is 0 Å². The minimum atomic E-state index is -0.183. The van der Waals surface area contributed by atoms with E-state index >= 15 is 0 Å². The van der Waals surface area contributed by atoms with Crippen molar-refractivity contribution in [3.8, 4) is 11.5 Å². The van der Waals surface area contributed by atoms with E-state index in [1.54, 1.807) is 35.8 Å². The molecule has 1 aromatic carbocycles. The first kappa shape index (κ1) is 15.7. The van der Waals surface area contributed by atoms with Gasteiger partial charge in [0.1, 0.15) is 11.5 Å². The molecule has 1 N–H and O–H groups in total. The molecule has 0 aromatic heterocycles. The van der Waals surface area contributed by atoms with Gasteiger partial charge in [-0.2, -0.15) is 11.8 Å². The summed E-state index contributed by atoms with van der Waals surface area (Å²) in [6.07, 6.45) is 2.90. The van der Waals surface area contributed by atoms with Gasteiger partial charge in [0.05, 0.1) is 12.7 Å². The molecule has 1 unspecified atom stereocenters. The van der Waals surface area contributed by atoms with Gasteiger partial charge in [-0.05, 0) is 30.9 Å². The number of nitrogens with zero attached hydrogens (tertiary/aromatic N) is 1. The Labute approximate surface area is 118 Å². The first-order valence-corrected chi connectivity index (χ1v) is 7.57. The summed E-state index contributed by atoms with van der Waals surface area (Å²) >= 11 is 1.71. The predicted octanol–water partition coefficient (Wildman–Crippen LogP) is 2.61. The van der Waals surface area contributed by atoms with Gasteiger partial charge in [0, 0.05) is 18.8 Å². The molecule has 5 heteroatoms. The lowest BCUT2D eigenvalue weighted by Gasteiger charge is -2.27. The molecule has 0 fully saturated rings. The summed E-state index contributed by atoms with van der Waals surface area (Å²) in [5.74, 6) is 1.24. The van der Waals surface area contributed by atoms with Gasteiger partial charge in [0.15, 0.2) is 0 Å². The molecule has 106 valence electrons. The average Bonchev–Trinajstić information content (AvgIpc) is 2.43. The lowest BCUT2D eigenvalue weighted by atomic mass is 10.1. The summed E-state index contributed by atoms with van der Waals surface area (Å²) in [7, 11) is 3.30. The third-order valence-corrected chi connectivity index (χ3v) is 3.85. The van der Waals surface area contributed by atoms with E-state index in [4.69, 9.17) is 4.74 Å². The third kappa shape index (κ3) is 3.80. The van der Waals surface area contributed by atoms with Gasteiger partial charge in [-0.3, -0.25) is 4.79 Å². The van der Waals surface area contributed by atoms with Gasteiger partial charge in [-0.15, -0.1) is 0 Å². The van der Waals surface area contributed by atoms with Crippen molar-refractivity contribution in [1.82, 2.24) is 4.90 Å². The number of rotatable bonds is 6. The summed E-state index contributed by atoms with van der Waals surface area (Å²) in [6.45, 7) is 2.05. The maximum absolute atomic E-state index is 12.4. The van der Waals surface area contributed by atoms with E-state index < -0.39 is 0 Å². The highest BCUT2D eigenvalue weighted by Crippen LogP contribution is 2.25. The number of benzene rings is 1. The van der Waals surface area contributed by atoms with Gasteiger partial charge in [-0.1, -0.05) is 6.92 Å². The molecule has 0 saturated heterocycles. The van der Waals surface area contributed by atoms with E-state index in [0.717, 1.165) is 12.2 Å². The summed E-state index contributed by atoms with van der Waals surface area (Å²) < 4.78 is 5.09. The fourth-order valence-corrected chi connectivity index (χ4v) is 2.71. The molecular weight excluding hydrogens is 262 g/mol. The first-order chi connectivity index (χ1) is 9.04. The molecule has 1 aromatic rings. The highest BCUT2D eigenvalue weighted by molar-refractivity contribution is 7.98. The molecule has 0 aliphatic rings. The van der Waals surface area contributed by atoms with E-state index in [-0.39, 0.29) is 23.3 Å². The van der Waals surface area contributed by atoms with Gasteiger partial charge in [-0.25, -0.2) is 0 Å². The second-order valence-electron chi connectivity index (χ2n) is 4.32. The van der Waals surface area contributed by atoms with Gasteiger partial charge < -0.3 is 14.7 Å². The Morgan fingerprint density at radius 2 is 2.21 bits per heavy atom. The van der Waals surface area contributed by atoms with Crippen LogP contribution < -0.4 is 4.74 Å². The molecule has 0 heterocycles. The molecule has 19 heavy (non-hydrogen) atoms. The molecule has 1 atom stereocenters. The molecule has 0 aliphatic carbocycles. The summed E-state index contributed by atoms with van der Waals surface area (Å²) in [6, 6.07) is 4.84. The van der Waals surface area contributed by atoms with Crippen LogP contribution in [0.15, 0.2) is 18.2 Å². The van der Waals surface area contributed by atoms with Crippen molar-refractivity contribution in [3.05, 3.63) is 23.8 Å². The second-order valence-corrected chi connectivity index (χ2v) is 5.23. The number of hydrogen-bond acceptors (Lipinski definition) is 4. The average molecular weight is 283 g/mol. The van der Waals surface area contributed by atoms with Crippen LogP contribution in [-0.4, -0.2) is 48.1 Å². The smallest absolute Gasteiger partial charge is 0.257 e. The summed E-state index contributed by atoms with van der Waals surface area (Å²) in [4.78, 5) is 14.1. The van der Waals surface area contributed by atoms with Crippen molar-refractivity contribution in [2.24, 2.45) is 0 Å². The lowest BCUT2D eigenvalue weighted by Crippen LogP contribution is -2.38. The Hall–Kier alpha value is -1.36. The zero-order valence-corrected chi connectivity index (χ0v) is 12.7. The van der Waals surface area contributed by atoms with Crippen molar-refractivity contribution in [3.63, 3.8) is 0 Å². The van der Waals surface area contributed by atoms with Crippen LogP contribution in [0.5, 0.6) is 11.5 Å². The molecule has 0 spiro atoms. The minimum Gasteiger partial charge on any atom is -0.507 e. The SMILES string of the molecule is CCC(CSC)N(C)C(=O)c1cc(OC)ccc1O. The van der Waals surface area contributed by atoms with Crippen LogP contribution in [-0.2, 0) is 0 Å². The van der Waals surface area contributed by atoms with Crippen molar-refractivity contribution in [1.29, 1.82) is 0 Å². The standard InChI is InChI=1S/C14H21NO3S/c1-5-10(9-19-4)15(2)14(17)12-8-11(18-3)6-7-13(12)16/h6-8,10,16H,5,9H2,1-4H3. The van der Waals surface area contributed by atoms with Gasteiger partial charge in [0.25, 0.3) is 5.91 Å². The first-order valence-electron chi connectivity index (χ1n) is 6.18. The summed E-state index contributed by atoms with van der Waals surface area (Å²) in [5.41, 5.74) is 0.279. The third-order valence-electron chi connectivity index (χ3n) is 3.13. The van der Waals surface area contributed by atoms with Crippen molar-refractivity contribution in [2.45, 2.75) is 19.4 Å². The zero-order chi connectivity index (χ0) is 14.4. The van der Waals surface area contributed by atoms with Crippen LogP contribution in [0.25, 0.3) is 0 Å². The van der Waals surface area contributed by atoms with Crippen LogP contribution in [0, 0.1) is 0 Å². The fourth-order valence-electron chi connectivity index (χ4n) is 1.87. The van der Waals surface area contributed by atoms with Crippen LogP contribution in [0.3, 0.4) is 0 Å². The fraction of sp³-hybridized carbons (Fsp3) is 0.500. The van der Waals surface area contributed by atoms with Crippen LogP contribution in [0.1, 0.15) is 23.7 Å². The molecule has 4 nitrogen and oxygen atoms in total. The Morgan fingerprint density at radius 3 is 2.74 bits per heavy atom. The Morgan fingerprint density at radius 1 is 1.53 bits per heavy atom. The van der Waals surface area contributed by atoms with Gasteiger partial charge >= 0.3 is 0 Å². The van der Waals surface area contributed by atoms with Gasteiger partial charge in [0.2, 0.25) is 0 Å². The normalized spacial score (nSPS) is 12.0. The number of ether oxygens (including phenoxy) is 1. The molecule has 1 amide bonds. The quantitative estimate of drug-likeness (QED) is 0.872. The number of carbonyl (C=O) groups is 1. The highest BCUT2D eigenvalue weighted by Gasteiger charge is 2.22. The number of hydrogen-bond donors (Lipinski definition) is 1. The number of carbonyl (C=O) groups excluding carboxylic acids is 1. The molecule has 1 rings (SSSR count).